The molecule has 1 heterocycles. The van der Waals surface area contributed by atoms with E-state index >= 15 is 0 Å². The van der Waals surface area contributed by atoms with E-state index in [4.69, 9.17) is 4.74 Å². The van der Waals surface area contributed by atoms with Crippen LogP contribution in [0.5, 0.6) is 5.75 Å². The highest BCUT2D eigenvalue weighted by atomic mass is 19.4. The maximum absolute atomic E-state index is 12.5. The molecule has 15 heavy (non-hydrogen) atoms. The molecule has 1 aliphatic rings. The number of fused-ring (bicyclic) bond motifs is 1. The average Bonchev–Trinajstić information content (AvgIpc) is 2.41. The lowest BCUT2D eigenvalue weighted by Crippen LogP contribution is -2.34. The first kappa shape index (κ1) is 10.4. The van der Waals surface area contributed by atoms with Gasteiger partial charge in [-0.25, -0.2) is 0 Å². The number of halogens is 3. The van der Waals surface area contributed by atoms with Crippen molar-refractivity contribution in [3.63, 3.8) is 0 Å². The second kappa shape index (κ2) is 2.93. The summed E-state index contributed by atoms with van der Waals surface area (Å²) in [5, 5.41) is 0. The van der Waals surface area contributed by atoms with Crippen LogP contribution in [0.3, 0.4) is 0 Å². The van der Waals surface area contributed by atoms with E-state index in [1.54, 1.807) is 0 Å². The summed E-state index contributed by atoms with van der Waals surface area (Å²) in [6.45, 7) is -0.716. The van der Waals surface area contributed by atoms with Gasteiger partial charge in [-0.15, -0.1) is 5.46 Å². The van der Waals surface area contributed by atoms with Gasteiger partial charge in [0.1, 0.15) is 5.75 Å². The Labute approximate surface area is 86.3 Å². The summed E-state index contributed by atoms with van der Waals surface area (Å²) >= 11 is 0. The minimum atomic E-state index is -4.92. The second-order valence-corrected chi connectivity index (χ2v) is 4.50. The molecule has 0 atom stereocenters. The van der Waals surface area contributed by atoms with Crippen LogP contribution in [0.4, 0.5) is 12.9 Å². The van der Waals surface area contributed by atoms with Crippen LogP contribution >= 0.6 is 0 Å². The van der Waals surface area contributed by atoms with Gasteiger partial charge in [0.05, 0.1) is 6.61 Å². The van der Waals surface area contributed by atoms with Crippen LogP contribution in [0.15, 0.2) is 18.2 Å². The summed E-state index contributed by atoms with van der Waals surface area (Å²) in [5.74, 6) is 0.573. The molecule has 2 rings (SSSR count). The third-order valence-electron chi connectivity index (χ3n) is 2.70. The van der Waals surface area contributed by atoms with Gasteiger partial charge in [0.25, 0.3) is 0 Å². The van der Waals surface area contributed by atoms with Gasteiger partial charge in [-0.3, -0.25) is 0 Å². The van der Waals surface area contributed by atoms with E-state index in [0.717, 1.165) is 6.07 Å². The predicted octanol–water partition coefficient (Wildman–Crippen LogP) is 2.41. The van der Waals surface area contributed by atoms with Crippen molar-refractivity contribution in [1.82, 2.24) is 0 Å². The van der Waals surface area contributed by atoms with Crippen molar-refractivity contribution in [1.29, 1.82) is 0 Å². The van der Waals surface area contributed by atoms with E-state index in [2.05, 4.69) is 0 Å². The van der Waals surface area contributed by atoms with Crippen molar-refractivity contribution < 1.29 is 17.7 Å². The number of rotatable bonds is 1. The van der Waals surface area contributed by atoms with Gasteiger partial charge in [-0.2, -0.15) is 0 Å². The van der Waals surface area contributed by atoms with Gasteiger partial charge in [-0.05, 0) is 6.07 Å². The zero-order valence-electron chi connectivity index (χ0n) is 8.56. The normalized spacial score (nSPS) is 18.5. The highest BCUT2D eigenvalue weighted by Gasteiger charge is 2.34. The number of ether oxygens (including phenoxy) is 1. The molecule has 82 valence electrons. The minimum absolute atomic E-state index is 0.327. The summed E-state index contributed by atoms with van der Waals surface area (Å²) in [6, 6.07) is 3.71. The summed E-state index contributed by atoms with van der Waals surface area (Å²) < 4.78 is 42.9. The number of hydrogen-bond donors (Lipinski definition) is 0. The Morgan fingerprint density at radius 3 is 2.53 bits per heavy atom. The molecule has 0 unspecified atom stereocenters. The molecule has 1 aliphatic heterocycles. The Morgan fingerprint density at radius 2 is 1.93 bits per heavy atom. The Kier molecular flexibility index (Phi) is 2.03. The Balaban J connectivity index is 2.51. The third kappa shape index (κ3) is 1.71. The molecule has 0 aliphatic carbocycles. The quantitative estimate of drug-likeness (QED) is 0.653. The fourth-order valence-electron chi connectivity index (χ4n) is 1.74. The Hall–Kier alpha value is -1.13. The molecule has 0 spiro atoms. The monoisotopic (exact) mass is 215 g/mol. The molecule has 1 aromatic rings. The second-order valence-electron chi connectivity index (χ2n) is 4.50. The first-order valence-corrected chi connectivity index (χ1v) is 4.78. The molecular weight excluding hydrogens is 204 g/mol. The van der Waals surface area contributed by atoms with E-state index in [1.165, 1.54) is 12.1 Å². The molecule has 0 bridgehead atoms. The summed E-state index contributed by atoms with van der Waals surface area (Å²) in [5.41, 5.74) is -0.223. The van der Waals surface area contributed by atoms with Gasteiger partial charge in [0.2, 0.25) is 0 Å². The topological polar surface area (TPSA) is 9.23 Å². The van der Waals surface area contributed by atoms with Crippen LogP contribution in [0.1, 0.15) is 19.4 Å². The standard InChI is InChI=1S/C10H11BF3O/c1-10(2)6-15-9-4-3-7(5-8(9)10)11(12,13)14/h3-5H,6H2,1-2H3/q-1. The lowest BCUT2D eigenvalue weighted by Gasteiger charge is -2.19. The fraction of sp³-hybridized carbons (Fsp3) is 0.400. The van der Waals surface area contributed by atoms with Crippen molar-refractivity contribution in [2.45, 2.75) is 19.3 Å². The highest BCUT2D eigenvalue weighted by molar-refractivity contribution is 6.73. The molecule has 0 amide bonds. The van der Waals surface area contributed by atoms with Gasteiger partial charge in [0.15, 0.2) is 0 Å². The van der Waals surface area contributed by atoms with Crippen molar-refractivity contribution >= 4 is 12.4 Å². The smallest absolute Gasteiger partial charge is 0.492 e. The van der Waals surface area contributed by atoms with Crippen LogP contribution in [0.2, 0.25) is 0 Å². The fourth-order valence-corrected chi connectivity index (χ4v) is 1.74. The third-order valence-corrected chi connectivity index (χ3v) is 2.70. The number of hydrogen-bond acceptors (Lipinski definition) is 1. The van der Waals surface area contributed by atoms with Crippen LogP contribution in [0, 0.1) is 0 Å². The van der Waals surface area contributed by atoms with Crippen LogP contribution in [-0.2, 0) is 5.41 Å². The Morgan fingerprint density at radius 1 is 1.27 bits per heavy atom. The molecule has 0 fully saturated rings. The number of benzene rings is 1. The van der Waals surface area contributed by atoms with Gasteiger partial charge in [-0.1, -0.05) is 26.0 Å². The average molecular weight is 215 g/mol. The SMILES string of the molecule is CC1(C)COc2ccc([B-](F)(F)F)cc21. The van der Waals surface area contributed by atoms with Gasteiger partial charge < -0.3 is 17.7 Å². The van der Waals surface area contributed by atoms with E-state index in [0.29, 0.717) is 17.9 Å². The summed E-state index contributed by atoms with van der Waals surface area (Å²) in [7, 11) is 0. The van der Waals surface area contributed by atoms with Crippen LogP contribution in [0.25, 0.3) is 0 Å². The Bertz CT molecular complexity index is 398. The predicted molar refractivity (Wildman–Crippen MR) is 53.7 cm³/mol. The van der Waals surface area contributed by atoms with Crippen LogP contribution in [-0.4, -0.2) is 13.6 Å². The molecule has 0 saturated carbocycles. The summed E-state index contributed by atoms with van der Waals surface area (Å²) in [4.78, 5) is 0. The largest absolute Gasteiger partial charge is 0.509 e. The molecule has 0 N–H and O–H groups in total. The van der Waals surface area contributed by atoms with E-state index in [9.17, 15) is 12.9 Å². The summed E-state index contributed by atoms with van der Waals surface area (Å²) in [6.07, 6.45) is 0. The first-order chi connectivity index (χ1) is 6.81. The van der Waals surface area contributed by atoms with E-state index in [-0.39, 0.29) is 5.41 Å². The van der Waals surface area contributed by atoms with Gasteiger partial charge in [0, 0.05) is 11.0 Å². The first-order valence-electron chi connectivity index (χ1n) is 4.78. The molecular formula is C10H11BF3O-. The lowest BCUT2D eigenvalue weighted by atomic mass is 9.76. The van der Waals surface area contributed by atoms with E-state index in [1.807, 2.05) is 13.8 Å². The highest BCUT2D eigenvalue weighted by Crippen LogP contribution is 2.37. The van der Waals surface area contributed by atoms with Crippen molar-refractivity contribution in [3.05, 3.63) is 23.8 Å². The van der Waals surface area contributed by atoms with Crippen molar-refractivity contribution in [2.24, 2.45) is 0 Å². The molecule has 1 nitrogen and oxygen atoms in total. The van der Waals surface area contributed by atoms with E-state index < -0.39 is 12.4 Å². The van der Waals surface area contributed by atoms with Crippen molar-refractivity contribution in [3.8, 4) is 5.75 Å². The zero-order valence-corrected chi connectivity index (χ0v) is 8.56. The molecule has 0 radical (unpaired) electrons. The minimum Gasteiger partial charge on any atom is -0.492 e. The molecule has 5 heteroatoms. The maximum atomic E-state index is 12.5. The molecule has 0 saturated heterocycles. The van der Waals surface area contributed by atoms with Gasteiger partial charge >= 0.3 is 6.98 Å². The molecule has 1 aromatic carbocycles. The lowest BCUT2D eigenvalue weighted by molar-refractivity contribution is 0.291. The molecule has 0 aromatic heterocycles. The van der Waals surface area contributed by atoms with Crippen molar-refractivity contribution in [2.75, 3.05) is 6.61 Å². The zero-order chi connectivity index (χ0) is 11.3. The van der Waals surface area contributed by atoms with Crippen LogP contribution < -0.4 is 10.2 Å². The maximum Gasteiger partial charge on any atom is 0.509 e.